The number of rotatable bonds is 6. The van der Waals surface area contributed by atoms with Gasteiger partial charge in [0.2, 0.25) is 0 Å². The molecule has 0 aliphatic carbocycles. The van der Waals surface area contributed by atoms with Gasteiger partial charge in [-0.3, -0.25) is 4.90 Å². The van der Waals surface area contributed by atoms with Crippen molar-refractivity contribution in [3.05, 3.63) is 70.2 Å². The minimum absolute atomic E-state index is 0.232. The molecule has 0 radical (unpaired) electrons. The fourth-order valence-electron chi connectivity index (χ4n) is 2.48. The molecule has 0 spiro atoms. The van der Waals surface area contributed by atoms with Gasteiger partial charge in [-0.2, -0.15) is 0 Å². The minimum atomic E-state index is 0.232. The number of nitrogens with two attached hydrogens (primary N) is 1. The molecule has 1 atom stereocenters. The lowest BCUT2D eigenvalue weighted by molar-refractivity contribution is 0.203. The monoisotopic (exact) mass is 332 g/mol. The number of likely N-dealkylation sites (N-methyl/N-ethyl adjacent to an activating group) is 1. The Kier molecular flexibility index (Phi) is 5.77. The standard InChI is InChI=1S/C17H21BrN2/c1-2-20(13-14-8-4-3-5-9-14)17(12-19)15-10-6-7-11-16(15)18/h3-11,17H,2,12-13,19H2,1H3. The lowest BCUT2D eigenvalue weighted by atomic mass is 10.0. The summed E-state index contributed by atoms with van der Waals surface area (Å²) < 4.78 is 1.13. The second kappa shape index (κ2) is 7.58. The zero-order chi connectivity index (χ0) is 14.4. The van der Waals surface area contributed by atoms with E-state index in [1.54, 1.807) is 0 Å². The Morgan fingerprint density at radius 3 is 2.30 bits per heavy atom. The highest BCUT2D eigenvalue weighted by Crippen LogP contribution is 2.28. The van der Waals surface area contributed by atoms with E-state index >= 15 is 0 Å². The SMILES string of the molecule is CCN(Cc1ccccc1)C(CN)c1ccccc1Br. The molecule has 0 aliphatic heterocycles. The molecule has 2 N–H and O–H groups in total. The number of hydrogen-bond acceptors (Lipinski definition) is 2. The summed E-state index contributed by atoms with van der Waals surface area (Å²) in [6.07, 6.45) is 0. The molecule has 0 saturated carbocycles. The Bertz CT molecular complexity index is 528. The number of benzene rings is 2. The first-order valence-electron chi connectivity index (χ1n) is 6.98. The van der Waals surface area contributed by atoms with Crippen molar-refractivity contribution < 1.29 is 0 Å². The summed E-state index contributed by atoms with van der Waals surface area (Å²) >= 11 is 3.64. The van der Waals surface area contributed by atoms with Crippen LogP contribution in [0.5, 0.6) is 0 Å². The number of hydrogen-bond donors (Lipinski definition) is 1. The van der Waals surface area contributed by atoms with E-state index in [0.29, 0.717) is 6.54 Å². The van der Waals surface area contributed by atoms with Crippen LogP contribution in [0.25, 0.3) is 0 Å². The third-order valence-corrected chi connectivity index (χ3v) is 4.29. The predicted molar refractivity (Wildman–Crippen MR) is 88.5 cm³/mol. The molecule has 0 aliphatic rings. The molecule has 106 valence electrons. The first kappa shape index (κ1) is 15.2. The zero-order valence-electron chi connectivity index (χ0n) is 11.8. The van der Waals surface area contributed by atoms with Crippen molar-refractivity contribution in [2.45, 2.75) is 19.5 Å². The summed E-state index contributed by atoms with van der Waals surface area (Å²) in [6.45, 7) is 4.68. The molecule has 1 unspecified atom stereocenters. The zero-order valence-corrected chi connectivity index (χ0v) is 13.4. The molecule has 2 rings (SSSR count). The van der Waals surface area contributed by atoms with E-state index in [-0.39, 0.29) is 6.04 Å². The first-order chi connectivity index (χ1) is 9.76. The van der Waals surface area contributed by atoms with Gasteiger partial charge in [-0.25, -0.2) is 0 Å². The molecule has 0 fully saturated rings. The van der Waals surface area contributed by atoms with Crippen LogP contribution in [-0.2, 0) is 6.54 Å². The maximum atomic E-state index is 6.04. The van der Waals surface area contributed by atoms with E-state index in [1.807, 2.05) is 12.1 Å². The van der Waals surface area contributed by atoms with Gasteiger partial charge in [-0.15, -0.1) is 0 Å². The second-order valence-electron chi connectivity index (χ2n) is 4.82. The van der Waals surface area contributed by atoms with Gasteiger partial charge in [0.15, 0.2) is 0 Å². The summed E-state index contributed by atoms with van der Waals surface area (Å²) in [5, 5.41) is 0. The van der Waals surface area contributed by atoms with Crippen LogP contribution in [-0.4, -0.2) is 18.0 Å². The van der Waals surface area contributed by atoms with Crippen LogP contribution in [0.1, 0.15) is 24.1 Å². The number of halogens is 1. The minimum Gasteiger partial charge on any atom is -0.329 e. The van der Waals surface area contributed by atoms with Crippen molar-refractivity contribution in [3.8, 4) is 0 Å². The maximum Gasteiger partial charge on any atom is 0.0485 e. The van der Waals surface area contributed by atoms with Gasteiger partial charge in [0.05, 0.1) is 0 Å². The van der Waals surface area contributed by atoms with Crippen LogP contribution in [0.15, 0.2) is 59.1 Å². The fourth-order valence-corrected chi connectivity index (χ4v) is 3.03. The number of nitrogens with zero attached hydrogens (tertiary/aromatic N) is 1. The smallest absolute Gasteiger partial charge is 0.0485 e. The molecule has 2 nitrogen and oxygen atoms in total. The molecule has 20 heavy (non-hydrogen) atoms. The van der Waals surface area contributed by atoms with Crippen molar-refractivity contribution >= 4 is 15.9 Å². The van der Waals surface area contributed by atoms with Crippen LogP contribution in [0.3, 0.4) is 0 Å². The Balaban J connectivity index is 2.22. The van der Waals surface area contributed by atoms with Gasteiger partial charge < -0.3 is 5.73 Å². The Morgan fingerprint density at radius 1 is 1.05 bits per heavy atom. The lowest BCUT2D eigenvalue weighted by Crippen LogP contribution is -2.33. The van der Waals surface area contributed by atoms with Gasteiger partial charge in [0, 0.05) is 23.6 Å². The maximum absolute atomic E-state index is 6.04. The van der Waals surface area contributed by atoms with E-state index in [4.69, 9.17) is 5.73 Å². The summed E-state index contributed by atoms with van der Waals surface area (Å²) in [5.41, 5.74) is 8.62. The van der Waals surface area contributed by atoms with Crippen molar-refractivity contribution in [2.24, 2.45) is 5.73 Å². The quantitative estimate of drug-likeness (QED) is 0.867. The van der Waals surface area contributed by atoms with Gasteiger partial charge in [-0.05, 0) is 23.7 Å². The molecule has 0 bridgehead atoms. The summed E-state index contributed by atoms with van der Waals surface area (Å²) in [7, 11) is 0. The fraction of sp³-hybridized carbons (Fsp3) is 0.294. The van der Waals surface area contributed by atoms with E-state index in [0.717, 1.165) is 17.6 Å². The van der Waals surface area contributed by atoms with Crippen LogP contribution < -0.4 is 5.73 Å². The van der Waals surface area contributed by atoms with Gasteiger partial charge >= 0.3 is 0 Å². The predicted octanol–water partition coefficient (Wildman–Crippen LogP) is 3.97. The summed E-state index contributed by atoms with van der Waals surface area (Å²) in [4.78, 5) is 2.41. The topological polar surface area (TPSA) is 29.3 Å². The molecule has 3 heteroatoms. The van der Waals surface area contributed by atoms with Crippen LogP contribution in [0.2, 0.25) is 0 Å². The highest BCUT2D eigenvalue weighted by molar-refractivity contribution is 9.10. The lowest BCUT2D eigenvalue weighted by Gasteiger charge is -2.31. The van der Waals surface area contributed by atoms with Crippen LogP contribution >= 0.6 is 15.9 Å². The van der Waals surface area contributed by atoms with Crippen LogP contribution in [0, 0.1) is 0 Å². The highest BCUT2D eigenvalue weighted by Gasteiger charge is 2.19. The average molecular weight is 333 g/mol. The van der Waals surface area contributed by atoms with Gasteiger partial charge in [-0.1, -0.05) is 71.4 Å². The molecule has 0 heterocycles. The Morgan fingerprint density at radius 2 is 1.70 bits per heavy atom. The normalized spacial score (nSPS) is 12.6. The summed E-state index contributed by atoms with van der Waals surface area (Å²) in [5.74, 6) is 0. The van der Waals surface area contributed by atoms with Crippen molar-refractivity contribution in [2.75, 3.05) is 13.1 Å². The molecular formula is C17H21BrN2. The molecule has 0 saturated heterocycles. The largest absolute Gasteiger partial charge is 0.329 e. The van der Waals surface area contributed by atoms with E-state index in [9.17, 15) is 0 Å². The third kappa shape index (κ3) is 3.69. The first-order valence-corrected chi connectivity index (χ1v) is 7.78. The summed E-state index contributed by atoms with van der Waals surface area (Å²) in [6, 6.07) is 19.1. The molecular weight excluding hydrogens is 312 g/mol. The van der Waals surface area contributed by atoms with E-state index < -0.39 is 0 Å². The van der Waals surface area contributed by atoms with Gasteiger partial charge in [0.1, 0.15) is 0 Å². The second-order valence-corrected chi connectivity index (χ2v) is 5.68. The Labute approximate surface area is 129 Å². The van der Waals surface area contributed by atoms with Crippen molar-refractivity contribution in [1.82, 2.24) is 4.90 Å². The van der Waals surface area contributed by atoms with Crippen molar-refractivity contribution in [3.63, 3.8) is 0 Å². The highest BCUT2D eigenvalue weighted by atomic mass is 79.9. The molecule has 2 aromatic carbocycles. The molecule has 0 aromatic heterocycles. The third-order valence-electron chi connectivity index (χ3n) is 3.56. The average Bonchev–Trinajstić information content (AvgIpc) is 2.49. The molecule has 0 amide bonds. The van der Waals surface area contributed by atoms with Gasteiger partial charge in [0.25, 0.3) is 0 Å². The van der Waals surface area contributed by atoms with E-state index in [1.165, 1.54) is 11.1 Å². The van der Waals surface area contributed by atoms with Crippen LogP contribution in [0.4, 0.5) is 0 Å². The molecule has 2 aromatic rings. The Hall–Kier alpha value is -1.16. The van der Waals surface area contributed by atoms with E-state index in [2.05, 4.69) is 70.2 Å². The van der Waals surface area contributed by atoms with Crippen molar-refractivity contribution in [1.29, 1.82) is 0 Å².